The average Bonchev–Trinajstić information content (AvgIpc) is 3.37. The quantitative estimate of drug-likeness (QED) is 0.761. The second kappa shape index (κ2) is 8.74. The summed E-state index contributed by atoms with van der Waals surface area (Å²) in [5.41, 5.74) is 2.88. The smallest absolute Gasteiger partial charge is 0.226 e. The molecule has 1 aliphatic carbocycles. The van der Waals surface area contributed by atoms with Crippen LogP contribution in [0.5, 0.6) is 0 Å². The number of ether oxygens (including phenoxy) is 1. The highest BCUT2D eigenvalue weighted by atomic mass is 16.5. The summed E-state index contributed by atoms with van der Waals surface area (Å²) in [7, 11) is 3.99. The molecule has 1 saturated heterocycles. The molecule has 1 aromatic rings. The van der Waals surface area contributed by atoms with Crippen molar-refractivity contribution in [2.45, 2.75) is 51.7 Å². The van der Waals surface area contributed by atoms with Crippen LogP contribution in [0.15, 0.2) is 18.2 Å². The fraction of sp³-hybridized carbons (Fsp3) is 0.619. The van der Waals surface area contributed by atoms with Gasteiger partial charge in [-0.05, 0) is 49.4 Å². The second-order valence-corrected chi connectivity index (χ2v) is 7.77. The number of nitrogens with one attached hydrogen (secondary N) is 1. The van der Waals surface area contributed by atoms with Gasteiger partial charge in [0.05, 0.1) is 6.10 Å². The molecule has 1 heterocycles. The van der Waals surface area contributed by atoms with Crippen LogP contribution < -0.4 is 10.2 Å². The summed E-state index contributed by atoms with van der Waals surface area (Å²) in [5.74, 6) is 0.402. The molecule has 2 aliphatic rings. The molecule has 1 saturated carbocycles. The Morgan fingerprint density at radius 2 is 2.00 bits per heavy atom. The Kier molecular flexibility index (Phi) is 6.37. The Hall–Kier alpha value is -2.08. The molecule has 27 heavy (non-hydrogen) atoms. The molecule has 1 aliphatic heterocycles. The molecule has 2 fully saturated rings. The van der Waals surface area contributed by atoms with Crippen LogP contribution in [0.3, 0.4) is 0 Å². The minimum absolute atomic E-state index is 0.0104. The van der Waals surface area contributed by atoms with E-state index >= 15 is 0 Å². The Morgan fingerprint density at radius 3 is 2.59 bits per heavy atom. The predicted molar refractivity (Wildman–Crippen MR) is 107 cm³/mol. The first-order valence-corrected chi connectivity index (χ1v) is 9.98. The monoisotopic (exact) mass is 373 g/mol. The largest absolute Gasteiger partial charge is 0.377 e. The highest BCUT2D eigenvalue weighted by molar-refractivity contribution is 5.91. The third-order valence-electron chi connectivity index (χ3n) is 5.21. The lowest BCUT2D eigenvalue weighted by Crippen LogP contribution is -2.38. The van der Waals surface area contributed by atoms with Gasteiger partial charge in [0.25, 0.3) is 0 Å². The van der Waals surface area contributed by atoms with Gasteiger partial charge in [-0.15, -0.1) is 0 Å². The topological polar surface area (TPSA) is 61.9 Å². The number of benzene rings is 1. The van der Waals surface area contributed by atoms with Crippen LogP contribution in [0.2, 0.25) is 0 Å². The van der Waals surface area contributed by atoms with Crippen molar-refractivity contribution < 1.29 is 14.3 Å². The van der Waals surface area contributed by atoms with E-state index < -0.39 is 0 Å². The van der Waals surface area contributed by atoms with Gasteiger partial charge in [-0.3, -0.25) is 9.59 Å². The molecule has 1 N–H and O–H groups in total. The van der Waals surface area contributed by atoms with Crippen molar-refractivity contribution in [2.24, 2.45) is 5.92 Å². The van der Waals surface area contributed by atoms with Gasteiger partial charge in [-0.1, -0.05) is 6.92 Å². The Labute approximate surface area is 161 Å². The molecule has 6 nitrogen and oxygen atoms in total. The summed E-state index contributed by atoms with van der Waals surface area (Å²) in [6.45, 7) is 3.81. The minimum Gasteiger partial charge on any atom is -0.377 e. The molecule has 1 aromatic carbocycles. The van der Waals surface area contributed by atoms with Crippen molar-refractivity contribution in [3.8, 4) is 0 Å². The Balaban J connectivity index is 1.82. The van der Waals surface area contributed by atoms with E-state index in [9.17, 15) is 9.59 Å². The summed E-state index contributed by atoms with van der Waals surface area (Å²) >= 11 is 0. The van der Waals surface area contributed by atoms with Gasteiger partial charge in [0.1, 0.15) is 0 Å². The van der Waals surface area contributed by atoms with E-state index in [1.165, 1.54) is 0 Å². The summed E-state index contributed by atoms with van der Waals surface area (Å²) in [6.07, 6.45) is 4.65. The van der Waals surface area contributed by atoms with E-state index in [0.717, 1.165) is 49.2 Å². The fourth-order valence-corrected chi connectivity index (χ4v) is 3.54. The Morgan fingerprint density at radius 1 is 1.22 bits per heavy atom. The first kappa shape index (κ1) is 19.7. The van der Waals surface area contributed by atoms with Gasteiger partial charge < -0.3 is 19.9 Å². The number of anilines is 2. The maximum Gasteiger partial charge on any atom is 0.226 e. The van der Waals surface area contributed by atoms with Crippen LogP contribution in [0.1, 0.15) is 44.6 Å². The van der Waals surface area contributed by atoms with Gasteiger partial charge in [-0.25, -0.2) is 0 Å². The number of hydrogen-bond acceptors (Lipinski definition) is 4. The Bertz CT molecular complexity index is 679. The first-order valence-electron chi connectivity index (χ1n) is 9.98. The van der Waals surface area contributed by atoms with Crippen LogP contribution in [-0.4, -0.2) is 50.1 Å². The lowest BCUT2D eigenvalue weighted by molar-refractivity contribution is -0.134. The molecule has 1 atom stereocenters. The molecule has 0 unspecified atom stereocenters. The predicted octanol–water partition coefficient (Wildman–Crippen LogP) is 3.02. The SMILES string of the molecule is CCC(=O)Nc1ccc(N(C)C)c(CN(C[C@@H]2CCCO2)C(=O)C2CC2)c1. The third kappa shape index (κ3) is 5.22. The summed E-state index contributed by atoms with van der Waals surface area (Å²) in [5, 5.41) is 2.92. The zero-order valence-corrected chi connectivity index (χ0v) is 16.7. The van der Waals surface area contributed by atoms with Crippen LogP contribution in [0, 0.1) is 5.92 Å². The number of carbonyl (C=O) groups is 2. The molecule has 3 rings (SSSR count). The fourth-order valence-electron chi connectivity index (χ4n) is 3.54. The molecule has 0 aromatic heterocycles. The van der Waals surface area contributed by atoms with Crippen molar-refractivity contribution in [1.82, 2.24) is 4.90 Å². The minimum atomic E-state index is -0.0104. The maximum absolute atomic E-state index is 12.9. The van der Waals surface area contributed by atoms with Crippen LogP contribution in [0.4, 0.5) is 11.4 Å². The van der Waals surface area contributed by atoms with Crippen molar-refractivity contribution in [1.29, 1.82) is 0 Å². The molecular formula is C21H31N3O3. The zero-order valence-electron chi connectivity index (χ0n) is 16.7. The number of rotatable bonds is 8. The third-order valence-corrected chi connectivity index (χ3v) is 5.21. The van der Waals surface area contributed by atoms with Gasteiger partial charge in [0.2, 0.25) is 11.8 Å². The molecule has 6 heteroatoms. The molecule has 0 spiro atoms. The number of amides is 2. The second-order valence-electron chi connectivity index (χ2n) is 7.77. The number of carbonyl (C=O) groups excluding carboxylic acids is 2. The van der Waals surface area contributed by atoms with E-state index in [4.69, 9.17) is 4.74 Å². The van der Waals surface area contributed by atoms with Gasteiger partial charge in [-0.2, -0.15) is 0 Å². The summed E-state index contributed by atoms with van der Waals surface area (Å²) in [6, 6.07) is 5.91. The van der Waals surface area contributed by atoms with Crippen LogP contribution in [-0.2, 0) is 20.9 Å². The lowest BCUT2D eigenvalue weighted by Gasteiger charge is -2.28. The highest BCUT2D eigenvalue weighted by Gasteiger charge is 2.35. The first-order chi connectivity index (χ1) is 13.0. The maximum atomic E-state index is 12.9. The molecule has 0 bridgehead atoms. The highest BCUT2D eigenvalue weighted by Crippen LogP contribution is 2.33. The molecule has 148 valence electrons. The van der Waals surface area contributed by atoms with Crippen molar-refractivity contribution in [3.05, 3.63) is 23.8 Å². The van der Waals surface area contributed by atoms with E-state index in [1.807, 2.05) is 49.0 Å². The lowest BCUT2D eigenvalue weighted by atomic mass is 10.1. The van der Waals surface area contributed by atoms with E-state index in [2.05, 4.69) is 5.32 Å². The van der Waals surface area contributed by atoms with Crippen molar-refractivity contribution >= 4 is 23.2 Å². The van der Waals surface area contributed by atoms with Crippen LogP contribution >= 0.6 is 0 Å². The number of hydrogen-bond donors (Lipinski definition) is 1. The molecule has 2 amide bonds. The summed E-state index contributed by atoms with van der Waals surface area (Å²) < 4.78 is 5.78. The van der Waals surface area contributed by atoms with Gasteiger partial charge in [0, 0.05) is 57.5 Å². The van der Waals surface area contributed by atoms with Gasteiger partial charge >= 0.3 is 0 Å². The number of nitrogens with zero attached hydrogens (tertiary/aromatic N) is 2. The average molecular weight is 373 g/mol. The van der Waals surface area contributed by atoms with E-state index in [0.29, 0.717) is 19.5 Å². The normalized spacial score (nSPS) is 19.0. The standard InChI is InChI=1S/C21H31N3O3/c1-4-20(25)22-17-9-10-19(23(2)3)16(12-17)13-24(21(26)15-7-8-15)14-18-6-5-11-27-18/h9-10,12,15,18H,4-8,11,13-14H2,1-3H3,(H,22,25)/t18-/m0/s1. The van der Waals surface area contributed by atoms with E-state index in [1.54, 1.807) is 0 Å². The van der Waals surface area contributed by atoms with Gasteiger partial charge in [0.15, 0.2) is 0 Å². The van der Waals surface area contributed by atoms with E-state index in [-0.39, 0.29) is 23.8 Å². The molecular weight excluding hydrogens is 342 g/mol. The van der Waals surface area contributed by atoms with Crippen LogP contribution in [0.25, 0.3) is 0 Å². The zero-order chi connectivity index (χ0) is 19.4. The summed E-state index contributed by atoms with van der Waals surface area (Å²) in [4.78, 5) is 28.6. The van der Waals surface area contributed by atoms with Crippen molar-refractivity contribution in [3.63, 3.8) is 0 Å². The molecule has 0 radical (unpaired) electrons. The van der Waals surface area contributed by atoms with Crippen molar-refractivity contribution in [2.75, 3.05) is 37.5 Å².